The summed E-state index contributed by atoms with van der Waals surface area (Å²) >= 11 is 0. The van der Waals surface area contributed by atoms with Gasteiger partial charge in [-0.2, -0.15) is 0 Å². The van der Waals surface area contributed by atoms with Crippen molar-refractivity contribution in [2.45, 2.75) is 39.7 Å². The fourth-order valence-corrected chi connectivity index (χ4v) is 1.75. The fraction of sp³-hybridized carbons (Fsp3) is 0.467. The van der Waals surface area contributed by atoms with E-state index >= 15 is 0 Å². The smallest absolute Gasteiger partial charge is 0.138 e. The Labute approximate surface area is 125 Å². The molecule has 0 fully saturated rings. The monoisotopic (exact) mass is 286 g/mol. The van der Waals surface area contributed by atoms with E-state index < -0.39 is 0 Å². The van der Waals surface area contributed by atoms with E-state index in [1.54, 1.807) is 12.5 Å². The Morgan fingerprint density at radius 3 is 2.38 bits per heavy atom. The molecule has 0 spiro atoms. The molecule has 21 heavy (non-hydrogen) atoms. The van der Waals surface area contributed by atoms with Crippen LogP contribution in [0, 0.1) is 0 Å². The lowest BCUT2D eigenvalue weighted by Crippen LogP contribution is -2.18. The first kappa shape index (κ1) is 15.2. The third-order valence-corrected chi connectivity index (χ3v) is 2.85. The maximum absolute atomic E-state index is 4.60. The molecular weight excluding hydrogens is 264 g/mol. The van der Waals surface area contributed by atoms with Gasteiger partial charge in [0.15, 0.2) is 0 Å². The molecule has 0 saturated carbocycles. The predicted molar refractivity (Wildman–Crippen MR) is 84.3 cm³/mol. The lowest BCUT2D eigenvalue weighted by atomic mass is 9.96. The maximum atomic E-state index is 4.60. The number of hydrogen-bond acceptors (Lipinski definition) is 6. The van der Waals surface area contributed by atoms with Crippen LogP contribution in [0.5, 0.6) is 0 Å². The van der Waals surface area contributed by atoms with Gasteiger partial charge in [0.05, 0.1) is 12.2 Å². The first-order valence-electron chi connectivity index (χ1n) is 7.11. The Kier molecular flexibility index (Phi) is 4.67. The number of hydrogen-bond donors (Lipinski definition) is 2. The van der Waals surface area contributed by atoms with Crippen molar-refractivity contribution >= 4 is 11.6 Å². The molecule has 0 atom stereocenters. The van der Waals surface area contributed by atoms with Gasteiger partial charge in [-0.1, -0.05) is 20.8 Å². The molecule has 112 valence electrons. The zero-order valence-electron chi connectivity index (χ0n) is 13.0. The summed E-state index contributed by atoms with van der Waals surface area (Å²) in [6.45, 7) is 9.79. The van der Waals surface area contributed by atoms with Crippen molar-refractivity contribution in [2.24, 2.45) is 0 Å². The standard InChI is InChI=1S/C15H22N6/c1-5-17-12-8-13(21-14(20-12)15(2,3)4)18-9-11-6-7-16-10-19-11/h6-8,10H,5,9H2,1-4H3,(H2,17,18,20,21). The van der Waals surface area contributed by atoms with E-state index in [9.17, 15) is 0 Å². The molecule has 0 bridgehead atoms. The highest BCUT2D eigenvalue weighted by atomic mass is 15.1. The molecular formula is C15H22N6. The van der Waals surface area contributed by atoms with Crippen LogP contribution in [0.1, 0.15) is 39.2 Å². The topological polar surface area (TPSA) is 75.6 Å². The summed E-state index contributed by atoms with van der Waals surface area (Å²) in [5.41, 5.74) is 0.822. The molecule has 0 radical (unpaired) electrons. The van der Waals surface area contributed by atoms with Gasteiger partial charge >= 0.3 is 0 Å². The molecule has 2 N–H and O–H groups in total. The van der Waals surface area contributed by atoms with Gasteiger partial charge in [-0.3, -0.25) is 0 Å². The second kappa shape index (κ2) is 6.47. The van der Waals surface area contributed by atoms with Crippen molar-refractivity contribution in [3.8, 4) is 0 Å². The van der Waals surface area contributed by atoms with Crippen LogP contribution in [0.15, 0.2) is 24.7 Å². The highest BCUT2D eigenvalue weighted by Crippen LogP contribution is 2.22. The molecule has 0 aromatic carbocycles. The van der Waals surface area contributed by atoms with E-state index in [1.807, 2.05) is 19.1 Å². The van der Waals surface area contributed by atoms with E-state index in [1.165, 1.54) is 0 Å². The molecule has 0 aliphatic heterocycles. The molecule has 0 saturated heterocycles. The molecule has 2 heterocycles. The van der Waals surface area contributed by atoms with E-state index in [4.69, 9.17) is 0 Å². The summed E-state index contributed by atoms with van der Waals surface area (Å²) in [6.07, 6.45) is 3.27. The van der Waals surface area contributed by atoms with Crippen molar-refractivity contribution in [1.29, 1.82) is 0 Å². The Balaban J connectivity index is 2.19. The summed E-state index contributed by atoms with van der Waals surface area (Å²) in [4.78, 5) is 17.3. The van der Waals surface area contributed by atoms with Gasteiger partial charge in [-0.25, -0.2) is 19.9 Å². The van der Waals surface area contributed by atoms with Gasteiger partial charge in [0.1, 0.15) is 23.8 Å². The Hall–Kier alpha value is -2.24. The van der Waals surface area contributed by atoms with Crippen LogP contribution in [0.25, 0.3) is 0 Å². The normalized spacial score (nSPS) is 11.2. The lowest BCUT2D eigenvalue weighted by Gasteiger charge is -2.19. The van der Waals surface area contributed by atoms with Crippen LogP contribution in [-0.4, -0.2) is 26.5 Å². The van der Waals surface area contributed by atoms with Gasteiger partial charge in [-0.05, 0) is 13.0 Å². The largest absolute Gasteiger partial charge is 0.370 e. The maximum Gasteiger partial charge on any atom is 0.138 e. The van der Waals surface area contributed by atoms with Crippen LogP contribution in [-0.2, 0) is 12.0 Å². The molecule has 6 nitrogen and oxygen atoms in total. The van der Waals surface area contributed by atoms with Crippen LogP contribution in [0.3, 0.4) is 0 Å². The highest BCUT2D eigenvalue weighted by Gasteiger charge is 2.19. The summed E-state index contributed by atoms with van der Waals surface area (Å²) in [6, 6.07) is 3.80. The second-order valence-corrected chi connectivity index (χ2v) is 5.80. The third-order valence-electron chi connectivity index (χ3n) is 2.85. The molecule has 2 rings (SSSR count). The van der Waals surface area contributed by atoms with E-state index in [-0.39, 0.29) is 5.41 Å². The summed E-state index contributed by atoms with van der Waals surface area (Å²) in [5, 5.41) is 6.53. The van der Waals surface area contributed by atoms with Crippen molar-refractivity contribution in [2.75, 3.05) is 17.2 Å². The van der Waals surface area contributed by atoms with Crippen molar-refractivity contribution < 1.29 is 0 Å². The van der Waals surface area contributed by atoms with Crippen molar-refractivity contribution in [3.63, 3.8) is 0 Å². The van der Waals surface area contributed by atoms with E-state index in [2.05, 4.69) is 51.3 Å². The SMILES string of the molecule is CCNc1cc(NCc2ccncn2)nc(C(C)(C)C)n1. The molecule has 0 aliphatic carbocycles. The zero-order chi connectivity index (χ0) is 15.3. The average Bonchev–Trinajstić information content (AvgIpc) is 2.45. The van der Waals surface area contributed by atoms with E-state index in [0.29, 0.717) is 6.54 Å². The molecule has 2 aromatic heterocycles. The lowest BCUT2D eigenvalue weighted by molar-refractivity contribution is 0.546. The summed E-state index contributed by atoms with van der Waals surface area (Å²) in [7, 11) is 0. The van der Waals surface area contributed by atoms with E-state index in [0.717, 1.165) is 29.7 Å². The number of anilines is 2. The van der Waals surface area contributed by atoms with Crippen LogP contribution >= 0.6 is 0 Å². The minimum absolute atomic E-state index is 0.100. The average molecular weight is 286 g/mol. The first-order valence-corrected chi connectivity index (χ1v) is 7.11. The Morgan fingerprint density at radius 2 is 1.81 bits per heavy atom. The van der Waals surface area contributed by atoms with Crippen LogP contribution < -0.4 is 10.6 Å². The predicted octanol–water partition coefficient (Wildman–Crippen LogP) is 2.61. The van der Waals surface area contributed by atoms with Gasteiger partial charge < -0.3 is 10.6 Å². The minimum Gasteiger partial charge on any atom is -0.370 e. The number of rotatable bonds is 5. The second-order valence-electron chi connectivity index (χ2n) is 5.80. The van der Waals surface area contributed by atoms with Gasteiger partial charge in [-0.15, -0.1) is 0 Å². The molecule has 0 unspecified atom stereocenters. The van der Waals surface area contributed by atoms with Gasteiger partial charge in [0.2, 0.25) is 0 Å². The van der Waals surface area contributed by atoms with Crippen molar-refractivity contribution in [1.82, 2.24) is 19.9 Å². The minimum atomic E-state index is -0.100. The van der Waals surface area contributed by atoms with Gasteiger partial charge in [0.25, 0.3) is 0 Å². The fourth-order valence-electron chi connectivity index (χ4n) is 1.75. The number of aromatic nitrogens is 4. The highest BCUT2D eigenvalue weighted by molar-refractivity contribution is 5.48. The van der Waals surface area contributed by atoms with Gasteiger partial charge in [0, 0.05) is 24.2 Å². The molecule has 0 amide bonds. The summed E-state index contributed by atoms with van der Waals surface area (Å²) < 4.78 is 0. The quantitative estimate of drug-likeness (QED) is 0.880. The van der Waals surface area contributed by atoms with Crippen molar-refractivity contribution in [3.05, 3.63) is 36.2 Å². The Bertz CT molecular complexity index is 576. The van der Waals surface area contributed by atoms with Crippen LogP contribution in [0.2, 0.25) is 0 Å². The molecule has 0 aliphatic rings. The number of nitrogens with one attached hydrogen (secondary N) is 2. The number of nitrogens with zero attached hydrogens (tertiary/aromatic N) is 4. The Morgan fingerprint density at radius 1 is 1.10 bits per heavy atom. The first-order chi connectivity index (χ1) is 9.99. The molecule has 2 aromatic rings. The van der Waals surface area contributed by atoms with Crippen LogP contribution in [0.4, 0.5) is 11.6 Å². The summed E-state index contributed by atoms with van der Waals surface area (Å²) in [5.74, 6) is 2.44. The zero-order valence-corrected chi connectivity index (χ0v) is 13.0. The third kappa shape index (κ3) is 4.37. The molecule has 6 heteroatoms.